The summed E-state index contributed by atoms with van der Waals surface area (Å²) in [5, 5.41) is 16.0. The van der Waals surface area contributed by atoms with Crippen molar-refractivity contribution < 1.29 is 28.8 Å². The Bertz CT molecular complexity index is 1790. The first-order valence-electron chi connectivity index (χ1n) is 15.3. The lowest BCUT2D eigenvalue weighted by atomic mass is 9.80. The van der Waals surface area contributed by atoms with Crippen LogP contribution in [0.5, 0.6) is 17.2 Å². The number of azide groups is 1. The van der Waals surface area contributed by atoms with Crippen molar-refractivity contribution in [3.8, 4) is 17.2 Å². The Kier molecular flexibility index (Phi) is 11.6. The molecule has 1 amide bonds. The fourth-order valence-corrected chi connectivity index (χ4v) is 5.81. The minimum atomic E-state index is -1.47. The minimum absolute atomic E-state index is 0.0407. The molecule has 0 saturated heterocycles. The number of carbonyl (C=O) groups excluding carboxylic acids is 1. The molecule has 248 valence electrons. The molecule has 11 nitrogen and oxygen atoms in total. The first-order chi connectivity index (χ1) is 23.4. The number of aliphatic imine (C=N–C) groups is 1. The molecular weight excluding hydrogens is 678 g/mol. The van der Waals surface area contributed by atoms with E-state index in [9.17, 15) is 4.79 Å². The molecule has 0 saturated carbocycles. The summed E-state index contributed by atoms with van der Waals surface area (Å²) in [6.07, 6.45) is -0.150. The largest absolute Gasteiger partial charge is 0.497 e. The van der Waals surface area contributed by atoms with E-state index in [2.05, 4.69) is 31.3 Å². The zero-order chi connectivity index (χ0) is 33.9. The fourth-order valence-electron chi connectivity index (χ4n) is 5.54. The van der Waals surface area contributed by atoms with Crippen molar-refractivity contribution in [3.63, 3.8) is 0 Å². The first-order valence-corrected chi connectivity index (χ1v) is 16.1. The van der Waals surface area contributed by atoms with Gasteiger partial charge in [-0.15, -0.1) is 0 Å². The highest BCUT2D eigenvalue weighted by Crippen LogP contribution is 2.44. The Hall–Kier alpha value is -5.03. The summed E-state index contributed by atoms with van der Waals surface area (Å²) in [5.74, 6) is 1.77. The topological polar surface area (TPSA) is 147 Å². The highest BCUT2D eigenvalue weighted by Gasteiger charge is 2.53. The van der Waals surface area contributed by atoms with Crippen LogP contribution in [0.4, 0.5) is 0 Å². The van der Waals surface area contributed by atoms with Gasteiger partial charge in [0.05, 0.1) is 27.4 Å². The lowest BCUT2D eigenvalue weighted by Crippen LogP contribution is -2.50. The summed E-state index contributed by atoms with van der Waals surface area (Å²) in [6.45, 7) is 0.651. The summed E-state index contributed by atoms with van der Waals surface area (Å²) < 4.78 is 24.2. The van der Waals surface area contributed by atoms with Gasteiger partial charge in [0.25, 0.3) is 5.91 Å². The number of aliphatic hydroxyl groups is 1. The van der Waals surface area contributed by atoms with E-state index in [1.165, 1.54) is 0 Å². The standard InChI is InChI=1S/C36H36BrN5O6/c1-45-30-17-12-27(32(20-30)46-2)22-39-35(44)36(21-24-8-13-28(37)14-9-24)33(31-7-4-3-6-26(31)23-40-42-38)48-34(41-36)25-10-15-29(16-11-25)47-19-5-18-43/h3-4,6-17,20,33,43H,5,18-19,21-23H2,1-2H3,(H,39,44)/t33-,36-/m1/s1. The van der Waals surface area contributed by atoms with Gasteiger partial charge in [0.15, 0.2) is 11.6 Å². The van der Waals surface area contributed by atoms with Crippen molar-refractivity contribution >= 4 is 27.7 Å². The van der Waals surface area contributed by atoms with Crippen molar-refractivity contribution in [2.75, 3.05) is 27.4 Å². The quantitative estimate of drug-likeness (QED) is 0.0596. The number of ether oxygens (including phenoxy) is 4. The molecular formula is C36H36BrN5O6. The predicted octanol–water partition coefficient (Wildman–Crippen LogP) is 6.85. The maximum Gasteiger partial charge on any atom is 0.252 e. The second kappa shape index (κ2) is 16.2. The van der Waals surface area contributed by atoms with Gasteiger partial charge in [-0.25, -0.2) is 4.99 Å². The highest BCUT2D eigenvalue weighted by molar-refractivity contribution is 9.10. The molecule has 4 aromatic rings. The summed E-state index contributed by atoms with van der Waals surface area (Å²) in [4.78, 5) is 22.8. The van der Waals surface area contributed by atoms with E-state index in [1.54, 1.807) is 32.4 Å². The number of amides is 1. The number of rotatable bonds is 15. The first kappa shape index (κ1) is 34.3. The molecule has 12 heteroatoms. The third-order valence-electron chi connectivity index (χ3n) is 7.99. The molecule has 0 aliphatic carbocycles. The summed E-state index contributed by atoms with van der Waals surface area (Å²) in [6, 6.07) is 27.8. The van der Waals surface area contributed by atoms with E-state index in [1.807, 2.05) is 72.8 Å². The van der Waals surface area contributed by atoms with Crippen molar-refractivity contribution in [1.29, 1.82) is 0 Å². The van der Waals surface area contributed by atoms with Crippen LogP contribution in [0.15, 0.2) is 106 Å². The summed E-state index contributed by atoms with van der Waals surface area (Å²) in [5.41, 5.74) is 11.3. The number of nitrogens with one attached hydrogen (secondary N) is 1. The molecule has 0 spiro atoms. The van der Waals surface area contributed by atoms with Crippen molar-refractivity contribution in [1.82, 2.24) is 5.32 Å². The van der Waals surface area contributed by atoms with Crippen LogP contribution in [0.3, 0.4) is 0 Å². The lowest BCUT2D eigenvalue weighted by Gasteiger charge is -2.32. The second-order valence-corrected chi connectivity index (χ2v) is 12.0. The Labute approximate surface area is 287 Å². The van der Waals surface area contributed by atoms with E-state index < -0.39 is 11.6 Å². The Morgan fingerprint density at radius 1 is 1.02 bits per heavy atom. The van der Waals surface area contributed by atoms with Crippen LogP contribution in [-0.4, -0.2) is 49.9 Å². The van der Waals surface area contributed by atoms with Crippen LogP contribution in [0.2, 0.25) is 0 Å². The SMILES string of the molecule is COc1ccc(CNC(=O)[C@]2(Cc3ccc(Br)cc3)N=C(c3ccc(OCCCO)cc3)O[C@@H]2c2ccccc2CN=[N+]=[N-])c(OC)c1. The molecule has 0 unspecified atom stereocenters. The number of hydrogen-bond acceptors (Lipinski definition) is 8. The van der Waals surface area contributed by atoms with Crippen LogP contribution in [0, 0.1) is 0 Å². The molecule has 0 radical (unpaired) electrons. The minimum Gasteiger partial charge on any atom is -0.497 e. The Morgan fingerprint density at radius 3 is 2.48 bits per heavy atom. The summed E-state index contributed by atoms with van der Waals surface area (Å²) >= 11 is 3.51. The van der Waals surface area contributed by atoms with Crippen LogP contribution in [-0.2, 0) is 29.0 Å². The smallest absolute Gasteiger partial charge is 0.252 e. The monoisotopic (exact) mass is 713 g/mol. The van der Waals surface area contributed by atoms with Crippen molar-refractivity contribution in [3.05, 3.63) is 134 Å². The van der Waals surface area contributed by atoms with Crippen molar-refractivity contribution in [2.24, 2.45) is 10.1 Å². The molecule has 48 heavy (non-hydrogen) atoms. The number of hydrogen-bond donors (Lipinski definition) is 2. The molecule has 1 heterocycles. The molecule has 4 aromatic carbocycles. The fraction of sp³-hybridized carbons (Fsp3) is 0.278. The average molecular weight is 715 g/mol. The van der Waals surface area contributed by atoms with Gasteiger partial charge in [-0.1, -0.05) is 57.4 Å². The molecule has 1 aliphatic heterocycles. The normalized spacial score (nSPS) is 16.7. The van der Waals surface area contributed by atoms with Crippen LogP contribution in [0.25, 0.3) is 10.4 Å². The highest BCUT2D eigenvalue weighted by atomic mass is 79.9. The van der Waals surface area contributed by atoms with Gasteiger partial charge in [-0.3, -0.25) is 4.79 Å². The zero-order valence-corrected chi connectivity index (χ0v) is 28.2. The molecule has 0 bridgehead atoms. The third-order valence-corrected chi connectivity index (χ3v) is 8.52. The van der Waals surface area contributed by atoms with E-state index in [0.717, 1.165) is 15.6 Å². The van der Waals surface area contributed by atoms with E-state index in [4.69, 9.17) is 34.6 Å². The number of aliphatic hydroxyl groups excluding tert-OH is 1. The van der Waals surface area contributed by atoms with Gasteiger partial charge in [0, 0.05) is 52.6 Å². The van der Waals surface area contributed by atoms with Gasteiger partial charge in [0.2, 0.25) is 5.90 Å². The summed E-state index contributed by atoms with van der Waals surface area (Å²) in [7, 11) is 3.14. The third kappa shape index (κ3) is 7.91. The van der Waals surface area contributed by atoms with Gasteiger partial charge >= 0.3 is 0 Å². The number of benzene rings is 4. The number of nitrogens with zero attached hydrogens (tertiary/aromatic N) is 4. The van der Waals surface area contributed by atoms with Crippen LogP contribution < -0.4 is 19.5 Å². The molecule has 2 N–H and O–H groups in total. The van der Waals surface area contributed by atoms with Gasteiger partial charge in [0.1, 0.15) is 17.2 Å². The van der Waals surface area contributed by atoms with Crippen LogP contribution >= 0.6 is 15.9 Å². The maximum atomic E-state index is 14.7. The van der Waals surface area contributed by atoms with Gasteiger partial charge < -0.3 is 29.4 Å². The number of methoxy groups -OCH3 is 2. The molecule has 0 aromatic heterocycles. The maximum absolute atomic E-state index is 14.7. The predicted molar refractivity (Wildman–Crippen MR) is 185 cm³/mol. The van der Waals surface area contributed by atoms with Crippen molar-refractivity contribution in [2.45, 2.75) is 37.6 Å². The Morgan fingerprint density at radius 2 is 1.77 bits per heavy atom. The number of halogens is 1. The van der Waals surface area contributed by atoms with E-state index in [-0.39, 0.29) is 37.9 Å². The van der Waals surface area contributed by atoms with Gasteiger partial charge in [-0.2, -0.15) is 0 Å². The lowest BCUT2D eigenvalue weighted by molar-refractivity contribution is -0.129. The molecule has 0 fully saturated rings. The van der Waals surface area contributed by atoms with E-state index in [0.29, 0.717) is 47.0 Å². The van der Waals surface area contributed by atoms with E-state index >= 15 is 0 Å². The van der Waals surface area contributed by atoms with Gasteiger partial charge in [-0.05, 0) is 70.8 Å². The zero-order valence-electron chi connectivity index (χ0n) is 26.6. The van der Waals surface area contributed by atoms with Crippen LogP contribution in [0.1, 0.15) is 40.3 Å². The Balaban J connectivity index is 1.60. The second-order valence-electron chi connectivity index (χ2n) is 11.0. The molecule has 2 atom stereocenters. The molecule has 1 aliphatic rings. The average Bonchev–Trinajstić information content (AvgIpc) is 3.51. The number of carbonyl (C=O) groups is 1. The molecule has 5 rings (SSSR count).